The van der Waals surface area contributed by atoms with Crippen molar-refractivity contribution in [1.82, 2.24) is 0 Å². The molecule has 2 aliphatic carbocycles. The van der Waals surface area contributed by atoms with Crippen LogP contribution in [0.5, 0.6) is 0 Å². The van der Waals surface area contributed by atoms with Crippen LogP contribution in [-0.2, 0) is 5.60 Å². The second-order valence-corrected chi connectivity index (χ2v) is 10.2. The van der Waals surface area contributed by atoms with Gasteiger partial charge in [0.2, 0.25) is 0 Å². The van der Waals surface area contributed by atoms with E-state index in [1.807, 2.05) is 36.4 Å². The van der Waals surface area contributed by atoms with Gasteiger partial charge in [0.05, 0.1) is 11.5 Å². The number of benzene rings is 3. The fourth-order valence-corrected chi connectivity index (χ4v) is 6.78. The Morgan fingerprint density at radius 3 is 1.84 bits per heavy atom. The molecule has 0 amide bonds. The predicted molar refractivity (Wildman–Crippen MR) is 132 cm³/mol. The van der Waals surface area contributed by atoms with Crippen LogP contribution in [0.3, 0.4) is 0 Å². The summed E-state index contributed by atoms with van der Waals surface area (Å²) < 4.78 is 0. The first-order chi connectivity index (χ1) is 15.4. The van der Waals surface area contributed by atoms with Gasteiger partial charge in [0.15, 0.2) is 0 Å². The van der Waals surface area contributed by atoms with Crippen molar-refractivity contribution in [3.8, 4) is 0 Å². The zero-order chi connectivity index (χ0) is 22.4. The Morgan fingerprint density at radius 2 is 1.34 bits per heavy atom. The summed E-state index contributed by atoms with van der Waals surface area (Å²) in [6.07, 6.45) is 3.05. The molecule has 164 valence electrons. The summed E-state index contributed by atoms with van der Waals surface area (Å²) in [7, 11) is 0. The molecule has 2 aliphatic rings. The third-order valence-corrected chi connectivity index (χ3v) is 8.55. The summed E-state index contributed by atoms with van der Waals surface area (Å²) >= 11 is 0. The van der Waals surface area contributed by atoms with Gasteiger partial charge in [-0.3, -0.25) is 4.99 Å². The largest absolute Gasteiger partial charge is 0.379 e. The molecule has 0 radical (unpaired) electrons. The summed E-state index contributed by atoms with van der Waals surface area (Å²) in [5, 5.41) is 12.9. The highest BCUT2D eigenvalue weighted by atomic mass is 16.3. The fraction of sp³-hybridized carbons (Fsp3) is 0.367. The molecule has 1 N–H and O–H groups in total. The van der Waals surface area contributed by atoms with Crippen molar-refractivity contribution in [2.45, 2.75) is 51.7 Å². The van der Waals surface area contributed by atoms with E-state index in [0.717, 1.165) is 30.4 Å². The third kappa shape index (κ3) is 2.85. The van der Waals surface area contributed by atoms with Crippen LogP contribution in [0.4, 0.5) is 0 Å². The molecule has 0 unspecified atom stereocenters. The van der Waals surface area contributed by atoms with Crippen LogP contribution in [-0.4, -0.2) is 10.8 Å². The number of hydrogen-bond donors (Lipinski definition) is 1. The number of fused-ring (bicyclic) bond motifs is 2. The molecule has 0 heterocycles. The zero-order valence-electron chi connectivity index (χ0n) is 19.3. The third-order valence-electron chi connectivity index (χ3n) is 8.55. The maximum absolute atomic E-state index is 12.9. The van der Waals surface area contributed by atoms with Crippen LogP contribution >= 0.6 is 0 Å². The van der Waals surface area contributed by atoms with Crippen molar-refractivity contribution in [2.24, 2.45) is 21.7 Å². The van der Waals surface area contributed by atoms with Crippen LogP contribution in [0.2, 0.25) is 0 Å². The Kier molecular flexibility index (Phi) is 5.09. The first-order valence-corrected chi connectivity index (χ1v) is 11.9. The van der Waals surface area contributed by atoms with Gasteiger partial charge in [-0.15, -0.1) is 0 Å². The van der Waals surface area contributed by atoms with E-state index in [1.54, 1.807) is 0 Å². The topological polar surface area (TPSA) is 32.6 Å². The van der Waals surface area contributed by atoms with Crippen LogP contribution in [0.1, 0.15) is 62.8 Å². The minimum absolute atomic E-state index is 0.0639. The lowest BCUT2D eigenvalue weighted by atomic mass is 9.55. The molecule has 2 bridgehead atoms. The Bertz CT molecular complexity index is 1060. The summed E-state index contributed by atoms with van der Waals surface area (Å²) in [5.41, 5.74) is 2.67. The molecule has 3 aromatic carbocycles. The van der Waals surface area contributed by atoms with E-state index in [2.05, 4.69) is 75.4 Å². The maximum atomic E-state index is 12.9. The molecule has 2 heteroatoms. The molecule has 32 heavy (non-hydrogen) atoms. The van der Waals surface area contributed by atoms with Gasteiger partial charge in [0.1, 0.15) is 5.60 Å². The van der Waals surface area contributed by atoms with E-state index in [9.17, 15) is 5.11 Å². The number of rotatable bonds is 5. The Labute approximate surface area is 192 Å². The highest BCUT2D eigenvalue weighted by molar-refractivity contribution is 5.97. The molecule has 2 fully saturated rings. The first kappa shape index (κ1) is 21.2. The van der Waals surface area contributed by atoms with Crippen LogP contribution in [0, 0.1) is 16.7 Å². The Morgan fingerprint density at radius 1 is 0.844 bits per heavy atom. The van der Waals surface area contributed by atoms with E-state index >= 15 is 0 Å². The van der Waals surface area contributed by atoms with Crippen molar-refractivity contribution < 1.29 is 5.11 Å². The molecule has 3 atom stereocenters. The van der Waals surface area contributed by atoms with Gasteiger partial charge in [0.25, 0.3) is 0 Å². The van der Waals surface area contributed by atoms with Gasteiger partial charge in [-0.05, 0) is 54.2 Å². The van der Waals surface area contributed by atoms with Gasteiger partial charge < -0.3 is 5.11 Å². The number of aliphatic imine (C=N–C) groups is 1. The number of aliphatic hydroxyl groups is 1. The maximum Gasteiger partial charge on any atom is 0.126 e. The van der Waals surface area contributed by atoms with Gasteiger partial charge in [-0.2, -0.15) is 0 Å². The van der Waals surface area contributed by atoms with Crippen LogP contribution in [0.25, 0.3) is 0 Å². The van der Waals surface area contributed by atoms with E-state index < -0.39 is 11.0 Å². The average molecular weight is 424 g/mol. The first-order valence-electron chi connectivity index (χ1n) is 11.9. The SMILES string of the molecule is C[C@@H](N=C1C[C@H]2CC[C@]1(C(O)(c1ccccc1)c1ccccc1)C2(C)C)c1ccccc1. The van der Waals surface area contributed by atoms with Gasteiger partial charge in [-0.1, -0.05) is 105 Å². The summed E-state index contributed by atoms with van der Waals surface area (Å²) in [5.74, 6) is 0.531. The van der Waals surface area contributed by atoms with E-state index in [1.165, 1.54) is 11.3 Å². The predicted octanol–water partition coefficient (Wildman–Crippen LogP) is 6.95. The normalized spacial score (nSPS) is 26.4. The van der Waals surface area contributed by atoms with Crippen LogP contribution in [0.15, 0.2) is 96.0 Å². The lowest BCUT2D eigenvalue weighted by Crippen LogP contribution is -2.55. The molecule has 2 saturated carbocycles. The molecular formula is C30H33NO. The standard InChI is InChI=1S/C30H33NO/c1-22(23-13-7-4-8-14-23)31-27-21-26-19-20-29(27,28(26,2)3)30(32,24-15-9-5-10-16-24)25-17-11-6-12-18-25/h4-18,22,26,32H,19-21H2,1-3H3/t22-,26-,29-/m1/s1. The molecule has 0 aliphatic heterocycles. The molecular weight excluding hydrogens is 390 g/mol. The Hall–Kier alpha value is -2.71. The van der Waals surface area contributed by atoms with Gasteiger partial charge >= 0.3 is 0 Å². The fourth-order valence-electron chi connectivity index (χ4n) is 6.78. The van der Waals surface area contributed by atoms with Crippen molar-refractivity contribution in [2.75, 3.05) is 0 Å². The summed E-state index contributed by atoms with van der Waals surface area (Å²) in [6, 6.07) is 31.1. The monoisotopic (exact) mass is 423 g/mol. The molecule has 0 aromatic heterocycles. The van der Waals surface area contributed by atoms with Crippen LogP contribution < -0.4 is 0 Å². The molecule has 5 rings (SSSR count). The van der Waals surface area contributed by atoms with Gasteiger partial charge in [-0.25, -0.2) is 0 Å². The lowest BCUT2D eigenvalue weighted by molar-refractivity contribution is -0.0632. The van der Waals surface area contributed by atoms with E-state index in [0.29, 0.717) is 5.92 Å². The van der Waals surface area contributed by atoms with Crippen molar-refractivity contribution >= 4 is 5.71 Å². The van der Waals surface area contributed by atoms with Crippen molar-refractivity contribution in [1.29, 1.82) is 0 Å². The molecule has 0 saturated heterocycles. The minimum Gasteiger partial charge on any atom is -0.379 e. The lowest BCUT2D eigenvalue weighted by Gasteiger charge is -2.51. The minimum atomic E-state index is -1.14. The second kappa shape index (κ2) is 7.71. The molecule has 3 aromatic rings. The second-order valence-electron chi connectivity index (χ2n) is 10.2. The van der Waals surface area contributed by atoms with Gasteiger partial charge in [0, 0.05) is 5.71 Å². The van der Waals surface area contributed by atoms with Crippen molar-refractivity contribution in [3.05, 3.63) is 108 Å². The smallest absolute Gasteiger partial charge is 0.126 e. The highest BCUT2D eigenvalue weighted by Crippen LogP contribution is 2.71. The number of hydrogen-bond acceptors (Lipinski definition) is 2. The van der Waals surface area contributed by atoms with E-state index in [4.69, 9.17) is 4.99 Å². The average Bonchev–Trinajstić information content (AvgIpc) is 3.22. The van der Waals surface area contributed by atoms with E-state index in [-0.39, 0.29) is 11.5 Å². The quantitative estimate of drug-likeness (QED) is 0.473. The zero-order valence-corrected chi connectivity index (χ0v) is 19.3. The Balaban J connectivity index is 1.75. The summed E-state index contributed by atoms with van der Waals surface area (Å²) in [6.45, 7) is 6.90. The highest BCUT2D eigenvalue weighted by Gasteiger charge is 2.71. The summed E-state index contributed by atoms with van der Waals surface area (Å²) in [4.78, 5) is 5.37. The van der Waals surface area contributed by atoms with Crippen molar-refractivity contribution in [3.63, 3.8) is 0 Å². The number of nitrogens with zero attached hydrogens (tertiary/aromatic N) is 1. The molecule has 2 nitrogen and oxygen atoms in total. The molecule has 0 spiro atoms.